The highest BCUT2D eigenvalue weighted by atomic mass is 16.6. The highest BCUT2D eigenvalue weighted by Gasteiger charge is 2.32. The Kier molecular flexibility index (Phi) is 2.83. The number of carbonyl (C=O) groups excluding carboxylic acids is 1. The van der Waals surface area contributed by atoms with Gasteiger partial charge in [-0.3, -0.25) is 4.79 Å². The van der Waals surface area contributed by atoms with E-state index in [1.807, 2.05) is 6.08 Å². The van der Waals surface area contributed by atoms with Crippen LogP contribution in [0.2, 0.25) is 0 Å². The van der Waals surface area contributed by atoms with Gasteiger partial charge in [0, 0.05) is 0 Å². The molecule has 0 N–H and O–H groups in total. The summed E-state index contributed by atoms with van der Waals surface area (Å²) in [5.74, 6) is 0.120. The van der Waals surface area contributed by atoms with Gasteiger partial charge in [0.05, 0.1) is 12.2 Å². The molecule has 1 saturated heterocycles. The van der Waals surface area contributed by atoms with Crippen LogP contribution in [0.3, 0.4) is 0 Å². The summed E-state index contributed by atoms with van der Waals surface area (Å²) in [7, 11) is 0. The SMILES string of the molecule is CC(=O)/C=C/CC[C@H]1O[C@@H]1C. The Labute approximate surface area is 67.2 Å². The molecule has 0 aromatic heterocycles. The second-order valence-electron chi connectivity index (χ2n) is 2.97. The van der Waals surface area contributed by atoms with Gasteiger partial charge in [-0.1, -0.05) is 6.08 Å². The second-order valence-corrected chi connectivity index (χ2v) is 2.97. The molecule has 1 rings (SSSR count). The number of ether oxygens (including phenoxy) is 1. The Balaban J connectivity index is 2.00. The summed E-state index contributed by atoms with van der Waals surface area (Å²) in [4.78, 5) is 10.5. The Morgan fingerprint density at radius 1 is 1.64 bits per heavy atom. The first-order valence-corrected chi connectivity index (χ1v) is 4.02. The van der Waals surface area contributed by atoms with Gasteiger partial charge >= 0.3 is 0 Å². The number of hydrogen-bond donors (Lipinski definition) is 0. The van der Waals surface area contributed by atoms with Crippen molar-refractivity contribution in [3.8, 4) is 0 Å². The second kappa shape index (κ2) is 3.67. The fraction of sp³-hybridized carbons (Fsp3) is 0.667. The van der Waals surface area contributed by atoms with E-state index in [9.17, 15) is 4.79 Å². The minimum Gasteiger partial charge on any atom is -0.370 e. The van der Waals surface area contributed by atoms with Crippen molar-refractivity contribution in [3.63, 3.8) is 0 Å². The van der Waals surface area contributed by atoms with E-state index in [0.29, 0.717) is 12.2 Å². The van der Waals surface area contributed by atoms with Crippen LogP contribution in [0, 0.1) is 0 Å². The summed E-state index contributed by atoms with van der Waals surface area (Å²) < 4.78 is 5.21. The van der Waals surface area contributed by atoms with Crippen LogP contribution < -0.4 is 0 Å². The van der Waals surface area contributed by atoms with Crippen molar-refractivity contribution in [1.29, 1.82) is 0 Å². The maximum atomic E-state index is 10.5. The van der Waals surface area contributed by atoms with Crippen LogP contribution in [0.15, 0.2) is 12.2 Å². The molecule has 1 fully saturated rings. The topological polar surface area (TPSA) is 29.6 Å². The van der Waals surface area contributed by atoms with E-state index in [1.54, 1.807) is 13.0 Å². The number of allylic oxidation sites excluding steroid dienone is 2. The molecule has 0 unspecified atom stereocenters. The molecule has 0 spiro atoms. The molecular weight excluding hydrogens is 140 g/mol. The third-order valence-electron chi connectivity index (χ3n) is 1.81. The maximum Gasteiger partial charge on any atom is 0.152 e. The molecule has 2 atom stereocenters. The minimum absolute atomic E-state index is 0.120. The van der Waals surface area contributed by atoms with E-state index in [0.717, 1.165) is 12.8 Å². The van der Waals surface area contributed by atoms with Gasteiger partial charge in [-0.05, 0) is 32.8 Å². The number of rotatable bonds is 4. The predicted octanol–water partition coefficient (Wildman–Crippen LogP) is 1.70. The molecule has 1 heterocycles. The summed E-state index contributed by atoms with van der Waals surface area (Å²) in [6.07, 6.45) is 6.43. The van der Waals surface area contributed by atoms with Crippen LogP contribution in [0.25, 0.3) is 0 Å². The third kappa shape index (κ3) is 3.33. The van der Waals surface area contributed by atoms with E-state index < -0.39 is 0 Å². The van der Waals surface area contributed by atoms with Crippen LogP contribution in [-0.2, 0) is 9.53 Å². The number of epoxide rings is 1. The van der Waals surface area contributed by atoms with Crippen molar-refractivity contribution >= 4 is 5.78 Å². The summed E-state index contributed by atoms with van der Waals surface area (Å²) in [5.41, 5.74) is 0. The molecule has 1 aliphatic heterocycles. The lowest BCUT2D eigenvalue weighted by Crippen LogP contribution is -1.87. The molecule has 0 aromatic rings. The van der Waals surface area contributed by atoms with E-state index in [1.165, 1.54) is 0 Å². The molecule has 0 bridgehead atoms. The molecule has 11 heavy (non-hydrogen) atoms. The zero-order valence-electron chi connectivity index (χ0n) is 7.04. The first kappa shape index (κ1) is 8.47. The molecule has 2 heteroatoms. The van der Waals surface area contributed by atoms with Crippen molar-refractivity contribution in [2.24, 2.45) is 0 Å². The highest BCUT2D eigenvalue weighted by Crippen LogP contribution is 2.25. The van der Waals surface area contributed by atoms with Crippen LogP contribution in [0.1, 0.15) is 26.7 Å². The van der Waals surface area contributed by atoms with E-state index in [-0.39, 0.29) is 5.78 Å². The van der Waals surface area contributed by atoms with Gasteiger partial charge < -0.3 is 4.74 Å². The number of ketones is 1. The Morgan fingerprint density at radius 3 is 2.73 bits per heavy atom. The van der Waals surface area contributed by atoms with Crippen molar-refractivity contribution in [1.82, 2.24) is 0 Å². The van der Waals surface area contributed by atoms with Crippen molar-refractivity contribution in [3.05, 3.63) is 12.2 Å². The summed E-state index contributed by atoms with van der Waals surface area (Å²) in [6, 6.07) is 0. The van der Waals surface area contributed by atoms with Crippen molar-refractivity contribution in [2.75, 3.05) is 0 Å². The molecule has 2 nitrogen and oxygen atoms in total. The normalized spacial score (nSPS) is 29.3. The lowest BCUT2D eigenvalue weighted by Gasteiger charge is -1.86. The van der Waals surface area contributed by atoms with Gasteiger partial charge in [-0.25, -0.2) is 0 Å². The molecule has 0 amide bonds. The fourth-order valence-electron chi connectivity index (χ4n) is 1.04. The highest BCUT2D eigenvalue weighted by molar-refractivity contribution is 5.87. The van der Waals surface area contributed by atoms with Gasteiger partial charge in [0.2, 0.25) is 0 Å². The van der Waals surface area contributed by atoms with Crippen LogP contribution in [0.4, 0.5) is 0 Å². The van der Waals surface area contributed by atoms with E-state index >= 15 is 0 Å². The smallest absolute Gasteiger partial charge is 0.152 e. The zero-order valence-corrected chi connectivity index (χ0v) is 7.04. The molecule has 0 saturated carbocycles. The van der Waals surface area contributed by atoms with Gasteiger partial charge in [-0.2, -0.15) is 0 Å². The first-order valence-electron chi connectivity index (χ1n) is 4.02. The Hall–Kier alpha value is -0.630. The molecule has 0 aromatic carbocycles. The minimum atomic E-state index is 0.120. The predicted molar refractivity (Wildman–Crippen MR) is 43.4 cm³/mol. The lowest BCUT2D eigenvalue weighted by molar-refractivity contribution is -0.112. The average molecular weight is 154 g/mol. The zero-order chi connectivity index (χ0) is 8.27. The number of hydrogen-bond acceptors (Lipinski definition) is 2. The van der Waals surface area contributed by atoms with Crippen LogP contribution in [0.5, 0.6) is 0 Å². The van der Waals surface area contributed by atoms with Gasteiger partial charge in [0.15, 0.2) is 5.78 Å². The van der Waals surface area contributed by atoms with Gasteiger partial charge in [0.1, 0.15) is 0 Å². The quantitative estimate of drug-likeness (QED) is 0.455. The summed E-state index contributed by atoms with van der Waals surface area (Å²) >= 11 is 0. The van der Waals surface area contributed by atoms with E-state index in [4.69, 9.17) is 4.74 Å². The van der Waals surface area contributed by atoms with Crippen LogP contribution in [-0.4, -0.2) is 18.0 Å². The average Bonchev–Trinajstić information content (AvgIpc) is 2.59. The third-order valence-corrected chi connectivity index (χ3v) is 1.81. The molecule has 1 aliphatic rings. The van der Waals surface area contributed by atoms with Crippen LogP contribution >= 0.6 is 0 Å². The van der Waals surface area contributed by atoms with E-state index in [2.05, 4.69) is 6.92 Å². The summed E-state index contributed by atoms with van der Waals surface area (Å²) in [5, 5.41) is 0. The number of carbonyl (C=O) groups is 1. The Morgan fingerprint density at radius 2 is 2.27 bits per heavy atom. The maximum absolute atomic E-state index is 10.5. The first-order chi connectivity index (χ1) is 5.20. The fourth-order valence-corrected chi connectivity index (χ4v) is 1.04. The standard InChI is InChI=1S/C9H14O2/c1-7(10)5-3-4-6-9-8(2)11-9/h3,5,8-9H,4,6H2,1-2H3/b5-3+/t8-,9-/m1/s1. The summed E-state index contributed by atoms with van der Waals surface area (Å²) in [6.45, 7) is 3.63. The molecular formula is C9H14O2. The Bertz CT molecular complexity index is 172. The molecule has 0 radical (unpaired) electrons. The molecule has 62 valence electrons. The molecule has 0 aliphatic carbocycles. The monoisotopic (exact) mass is 154 g/mol. The lowest BCUT2D eigenvalue weighted by atomic mass is 10.2. The van der Waals surface area contributed by atoms with Crippen molar-refractivity contribution in [2.45, 2.75) is 38.9 Å². The largest absolute Gasteiger partial charge is 0.370 e. The van der Waals surface area contributed by atoms with Gasteiger partial charge in [-0.15, -0.1) is 0 Å². The van der Waals surface area contributed by atoms with Gasteiger partial charge in [0.25, 0.3) is 0 Å². The van der Waals surface area contributed by atoms with Crippen molar-refractivity contribution < 1.29 is 9.53 Å².